The number of nitrogens with one attached hydrogen (secondary N) is 1. The topological polar surface area (TPSA) is 32.3 Å². The van der Waals surface area contributed by atoms with Crippen molar-refractivity contribution in [2.75, 3.05) is 19.0 Å². The quantitative estimate of drug-likeness (QED) is 0.923. The molecule has 0 atom stereocenters. The highest BCUT2D eigenvalue weighted by atomic mass is 19.1. The van der Waals surface area contributed by atoms with Crippen LogP contribution in [0.3, 0.4) is 0 Å². The van der Waals surface area contributed by atoms with Gasteiger partial charge in [-0.15, -0.1) is 0 Å². The number of carbonyl (C=O) groups is 1. The molecule has 1 aromatic carbocycles. The van der Waals surface area contributed by atoms with Gasteiger partial charge in [0.15, 0.2) is 0 Å². The number of hydrogen-bond donors (Lipinski definition) is 1. The van der Waals surface area contributed by atoms with Gasteiger partial charge in [0.1, 0.15) is 5.82 Å². The molecule has 116 valence electrons. The molecule has 2 rings (SSSR count). The van der Waals surface area contributed by atoms with E-state index in [2.05, 4.69) is 19.2 Å². The zero-order valence-electron chi connectivity index (χ0n) is 13.4. The van der Waals surface area contributed by atoms with Gasteiger partial charge in [0.2, 0.25) is 0 Å². The zero-order valence-corrected chi connectivity index (χ0v) is 13.4. The number of hydrogen-bond acceptors (Lipinski definition) is 2. The van der Waals surface area contributed by atoms with Crippen LogP contribution in [0.15, 0.2) is 18.2 Å². The van der Waals surface area contributed by atoms with E-state index in [0.29, 0.717) is 11.3 Å². The lowest BCUT2D eigenvalue weighted by atomic mass is 9.78. The fraction of sp³-hybridized carbons (Fsp3) is 0.588. The average Bonchev–Trinajstić information content (AvgIpc) is 2.42. The van der Waals surface area contributed by atoms with E-state index in [1.807, 2.05) is 0 Å². The maximum atomic E-state index is 14.0. The molecule has 0 unspecified atom stereocenters. The molecule has 0 bridgehead atoms. The molecule has 1 aliphatic carbocycles. The largest absolute Gasteiger partial charge is 0.375 e. The summed E-state index contributed by atoms with van der Waals surface area (Å²) in [5, 5.41) is 3.09. The van der Waals surface area contributed by atoms with Crippen LogP contribution in [-0.4, -0.2) is 25.5 Å². The van der Waals surface area contributed by atoms with Gasteiger partial charge in [-0.1, -0.05) is 6.92 Å². The molecule has 0 aliphatic heterocycles. The van der Waals surface area contributed by atoms with Crippen LogP contribution in [0.25, 0.3) is 0 Å². The Hall–Kier alpha value is -1.58. The van der Waals surface area contributed by atoms with Crippen molar-refractivity contribution in [1.82, 2.24) is 5.32 Å². The van der Waals surface area contributed by atoms with Crippen LogP contribution < -0.4 is 10.2 Å². The van der Waals surface area contributed by atoms with Crippen LogP contribution in [0.5, 0.6) is 0 Å². The molecule has 0 spiro atoms. The third-order valence-corrected chi connectivity index (χ3v) is 4.48. The van der Waals surface area contributed by atoms with E-state index in [0.717, 1.165) is 31.6 Å². The second-order valence-electron chi connectivity index (χ2n) is 6.76. The molecule has 1 aromatic rings. The fourth-order valence-electron chi connectivity index (χ4n) is 2.88. The summed E-state index contributed by atoms with van der Waals surface area (Å²) in [5.74, 6) is 0.179. The summed E-state index contributed by atoms with van der Waals surface area (Å²) in [4.78, 5) is 14.0. The van der Waals surface area contributed by atoms with Gasteiger partial charge >= 0.3 is 0 Å². The molecule has 0 radical (unpaired) electrons. The first-order chi connectivity index (χ1) is 9.81. The molecular formula is C17H25FN2O. The van der Waals surface area contributed by atoms with Crippen molar-refractivity contribution < 1.29 is 9.18 Å². The number of amides is 1. The Morgan fingerprint density at radius 1 is 1.33 bits per heavy atom. The van der Waals surface area contributed by atoms with Crippen molar-refractivity contribution in [2.24, 2.45) is 5.92 Å². The normalized spacial score (nSPS) is 25.5. The van der Waals surface area contributed by atoms with Gasteiger partial charge < -0.3 is 10.2 Å². The van der Waals surface area contributed by atoms with Crippen molar-refractivity contribution in [3.05, 3.63) is 29.6 Å². The van der Waals surface area contributed by atoms with Crippen LogP contribution >= 0.6 is 0 Å². The first kappa shape index (κ1) is 15.8. The van der Waals surface area contributed by atoms with Crippen molar-refractivity contribution in [2.45, 2.75) is 45.1 Å². The molecule has 21 heavy (non-hydrogen) atoms. The van der Waals surface area contributed by atoms with Crippen molar-refractivity contribution in [3.8, 4) is 0 Å². The van der Waals surface area contributed by atoms with Crippen molar-refractivity contribution in [3.63, 3.8) is 0 Å². The zero-order chi connectivity index (χ0) is 15.6. The van der Waals surface area contributed by atoms with E-state index in [1.54, 1.807) is 31.1 Å². The van der Waals surface area contributed by atoms with Gasteiger partial charge in [0, 0.05) is 25.2 Å². The molecule has 3 nitrogen and oxygen atoms in total. The summed E-state index contributed by atoms with van der Waals surface area (Å²) >= 11 is 0. The first-order valence-electron chi connectivity index (χ1n) is 7.60. The SMILES string of the molecule is CC1CCC(C)(NC(=O)c2ccc(N(C)C)c(F)c2)CC1. The molecule has 0 aromatic heterocycles. The molecule has 1 N–H and O–H groups in total. The lowest BCUT2D eigenvalue weighted by Crippen LogP contribution is -2.48. The Morgan fingerprint density at radius 3 is 2.48 bits per heavy atom. The van der Waals surface area contributed by atoms with E-state index in [-0.39, 0.29) is 17.3 Å². The first-order valence-corrected chi connectivity index (χ1v) is 7.60. The molecule has 0 saturated heterocycles. The molecule has 1 aliphatic rings. The highest BCUT2D eigenvalue weighted by molar-refractivity contribution is 5.95. The minimum absolute atomic E-state index is 0.166. The summed E-state index contributed by atoms with van der Waals surface area (Å²) < 4.78 is 14.0. The molecule has 1 amide bonds. The van der Waals surface area contributed by atoms with Crippen molar-refractivity contribution in [1.29, 1.82) is 0 Å². The second kappa shape index (κ2) is 6.04. The predicted molar refractivity (Wildman–Crippen MR) is 84.2 cm³/mol. The Labute approximate surface area is 126 Å². The van der Waals surface area contributed by atoms with E-state index < -0.39 is 0 Å². The molecule has 0 heterocycles. The number of anilines is 1. The number of benzene rings is 1. The van der Waals surface area contributed by atoms with E-state index >= 15 is 0 Å². The number of halogens is 1. The van der Waals surface area contributed by atoms with Gasteiger partial charge in [0.05, 0.1) is 5.69 Å². The molecule has 4 heteroatoms. The van der Waals surface area contributed by atoms with Crippen LogP contribution in [0.4, 0.5) is 10.1 Å². The lowest BCUT2D eigenvalue weighted by molar-refractivity contribution is 0.0869. The summed E-state index contributed by atoms with van der Waals surface area (Å²) in [5.41, 5.74) is 0.711. The highest BCUT2D eigenvalue weighted by Crippen LogP contribution is 2.31. The lowest BCUT2D eigenvalue weighted by Gasteiger charge is -2.37. The van der Waals surface area contributed by atoms with E-state index in [4.69, 9.17) is 0 Å². The number of nitrogens with zero attached hydrogens (tertiary/aromatic N) is 1. The number of rotatable bonds is 3. The predicted octanol–water partition coefficient (Wildman–Crippen LogP) is 3.59. The Morgan fingerprint density at radius 2 is 1.95 bits per heavy atom. The molecule has 1 fully saturated rings. The van der Waals surface area contributed by atoms with Crippen LogP contribution in [0.1, 0.15) is 49.9 Å². The highest BCUT2D eigenvalue weighted by Gasteiger charge is 2.31. The van der Waals surface area contributed by atoms with Gasteiger partial charge in [-0.3, -0.25) is 4.79 Å². The minimum atomic E-state index is -0.366. The van der Waals surface area contributed by atoms with Crippen LogP contribution in [0.2, 0.25) is 0 Å². The maximum Gasteiger partial charge on any atom is 0.251 e. The van der Waals surface area contributed by atoms with E-state index in [9.17, 15) is 9.18 Å². The smallest absolute Gasteiger partial charge is 0.251 e. The summed E-state index contributed by atoms with van der Waals surface area (Å²) in [6, 6.07) is 4.65. The summed E-state index contributed by atoms with van der Waals surface area (Å²) in [6.07, 6.45) is 4.23. The molecule has 1 saturated carbocycles. The van der Waals surface area contributed by atoms with E-state index in [1.165, 1.54) is 6.07 Å². The molecular weight excluding hydrogens is 267 g/mol. The van der Waals surface area contributed by atoms with Gasteiger partial charge in [-0.05, 0) is 56.7 Å². The van der Waals surface area contributed by atoms with Gasteiger partial charge in [-0.2, -0.15) is 0 Å². The van der Waals surface area contributed by atoms with Gasteiger partial charge in [0.25, 0.3) is 5.91 Å². The van der Waals surface area contributed by atoms with Crippen LogP contribution in [0, 0.1) is 11.7 Å². The third kappa shape index (κ3) is 3.74. The summed E-state index contributed by atoms with van der Waals surface area (Å²) in [7, 11) is 3.56. The van der Waals surface area contributed by atoms with Crippen LogP contribution in [-0.2, 0) is 0 Å². The Balaban J connectivity index is 2.08. The van der Waals surface area contributed by atoms with Crippen molar-refractivity contribution >= 4 is 11.6 Å². The second-order valence-corrected chi connectivity index (χ2v) is 6.76. The standard InChI is InChI=1S/C17H25FN2O/c1-12-7-9-17(2,10-8-12)19-16(21)13-5-6-15(20(3)4)14(18)11-13/h5-6,11-12H,7-10H2,1-4H3,(H,19,21). The third-order valence-electron chi connectivity index (χ3n) is 4.48. The average molecular weight is 292 g/mol. The fourth-order valence-corrected chi connectivity index (χ4v) is 2.88. The van der Waals surface area contributed by atoms with Gasteiger partial charge in [-0.25, -0.2) is 4.39 Å². The monoisotopic (exact) mass is 292 g/mol. The Kier molecular flexibility index (Phi) is 4.55. The Bertz CT molecular complexity index is 520. The maximum absolute atomic E-state index is 14.0. The number of carbonyl (C=O) groups excluding carboxylic acids is 1. The summed E-state index contributed by atoms with van der Waals surface area (Å²) in [6.45, 7) is 4.33. The minimum Gasteiger partial charge on any atom is -0.375 e.